The molecule has 38 heavy (non-hydrogen) atoms. The summed E-state index contributed by atoms with van der Waals surface area (Å²) < 4.78 is 39.1. The Morgan fingerprint density at radius 3 is 2.39 bits per heavy atom. The van der Waals surface area contributed by atoms with Gasteiger partial charge < -0.3 is 14.6 Å². The van der Waals surface area contributed by atoms with Gasteiger partial charge in [0.2, 0.25) is 15.9 Å². The number of methoxy groups -OCH3 is 1. The molecule has 9 nitrogen and oxygen atoms in total. The number of carbonyl (C=O) groups is 1. The second-order valence-electron chi connectivity index (χ2n) is 9.03. The number of carbonyl (C=O) groups excluding carboxylic acids is 1. The summed E-state index contributed by atoms with van der Waals surface area (Å²) in [5, 5.41) is 6.80. The number of anilines is 1. The van der Waals surface area contributed by atoms with Gasteiger partial charge in [-0.1, -0.05) is 61.5 Å². The molecule has 10 heteroatoms. The third-order valence-electron chi connectivity index (χ3n) is 5.82. The third-order valence-corrected chi connectivity index (χ3v) is 7.30. The zero-order chi connectivity index (χ0) is 27.1. The first-order chi connectivity index (χ1) is 18.2. The first-order valence-electron chi connectivity index (χ1n) is 12.2. The summed E-state index contributed by atoms with van der Waals surface area (Å²) in [7, 11) is -2.53. The van der Waals surface area contributed by atoms with Crippen molar-refractivity contribution in [3.05, 3.63) is 101 Å². The summed E-state index contributed by atoms with van der Waals surface area (Å²) in [5.74, 6) is 1.06. The summed E-state index contributed by atoms with van der Waals surface area (Å²) in [5.41, 5.74) is 2.72. The van der Waals surface area contributed by atoms with Gasteiger partial charge in [0, 0.05) is 30.1 Å². The molecule has 0 aliphatic heterocycles. The van der Waals surface area contributed by atoms with Crippen LogP contribution in [0, 0.1) is 0 Å². The third kappa shape index (κ3) is 6.84. The number of hydrogen-bond acceptors (Lipinski definition) is 7. The molecular formula is C28H30N4O5S. The van der Waals surface area contributed by atoms with Gasteiger partial charge in [-0.05, 0) is 47.9 Å². The van der Waals surface area contributed by atoms with Gasteiger partial charge in [0.1, 0.15) is 10.6 Å². The van der Waals surface area contributed by atoms with Gasteiger partial charge in [0.15, 0.2) is 5.82 Å². The van der Waals surface area contributed by atoms with Crippen LogP contribution in [-0.2, 0) is 22.9 Å². The molecule has 1 amide bonds. The molecule has 0 saturated carbocycles. The number of amides is 1. The Balaban J connectivity index is 1.42. The molecule has 3 aromatic carbocycles. The number of nitrogens with zero attached hydrogens (tertiary/aromatic N) is 2. The summed E-state index contributed by atoms with van der Waals surface area (Å²) >= 11 is 0. The van der Waals surface area contributed by atoms with E-state index in [-0.39, 0.29) is 28.7 Å². The lowest BCUT2D eigenvalue weighted by molar-refractivity contribution is 0.102. The fourth-order valence-corrected chi connectivity index (χ4v) is 4.97. The molecule has 0 atom stereocenters. The number of benzene rings is 3. The van der Waals surface area contributed by atoms with Crippen LogP contribution in [0.25, 0.3) is 0 Å². The summed E-state index contributed by atoms with van der Waals surface area (Å²) in [6.07, 6.45) is 1.03. The number of rotatable bonds is 11. The zero-order valence-electron chi connectivity index (χ0n) is 21.5. The summed E-state index contributed by atoms with van der Waals surface area (Å²) in [6.45, 7) is 4.18. The fourth-order valence-electron chi connectivity index (χ4n) is 3.75. The number of nitrogens with one attached hydrogen (secondary N) is 2. The van der Waals surface area contributed by atoms with Crippen LogP contribution < -0.4 is 14.8 Å². The molecule has 0 saturated heterocycles. The Morgan fingerprint density at radius 2 is 1.74 bits per heavy atom. The van der Waals surface area contributed by atoms with Crippen molar-refractivity contribution in [2.45, 2.75) is 37.5 Å². The lowest BCUT2D eigenvalue weighted by Gasteiger charge is -2.13. The lowest BCUT2D eigenvalue weighted by atomic mass is 10.1. The van der Waals surface area contributed by atoms with Crippen LogP contribution in [0.15, 0.2) is 82.2 Å². The van der Waals surface area contributed by atoms with E-state index in [2.05, 4.69) is 20.2 Å². The average Bonchev–Trinajstić information content (AvgIpc) is 3.39. The predicted molar refractivity (Wildman–Crippen MR) is 144 cm³/mol. The van der Waals surface area contributed by atoms with E-state index in [0.29, 0.717) is 30.2 Å². The van der Waals surface area contributed by atoms with E-state index in [9.17, 15) is 13.2 Å². The maximum absolute atomic E-state index is 13.0. The molecule has 0 unspecified atom stereocenters. The lowest BCUT2D eigenvalue weighted by Crippen LogP contribution is -2.27. The van der Waals surface area contributed by atoms with Crippen LogP contribution in [0.3, 0.4) is 0 Å². The molecule has 0 aliphatic rings. The van der Waals surface area contributed by atoms with Crippen molar-refractivity contribution in [2.24, 2.45) is 0 Å². The topological polar surface area (TPSA) is 123 Å². The Hall–Kier alpha value is -4.02. The van der Waals surface area contributed by atoms with Crippen LogP contribution >= 0.6 is 0 Å². The first kappa shape index (κ1) is 27.0. The molecule has 0 fully saturated rings. The van der Waals surface area contributed by atoms with Crippen molar-refractivity contribution in [1.29, 1.82) is 0 Å². The van der Waals surface area contributed by atoms with Crippen molar-refractivity contribution in [3.63, 3.8) is 0 Å². The highest BCUT2D eigenvalue weighted by Gasteiger charge is 2.21. The van der Waals surface area contributed by atoms with E-state index >= 15 is 0 Å². The van der Waals surface area contributed by atoms with Crippen molar-refractivity contribution >= 4 is 21.6 Å². The highest BCUT2D eigenvalue weighted by Crippen LogP contribution is 2.25. The van der Waals surface area contributed by atoms with Crippen LogP contribution in [0.1, 0.15) is 53.0 Å². The van der Waals surface area contributed by atoms with Crippen LogP contribution in [-0.4, -0.2) is 38.1 Å². The van der Waals surface area contributed by atoms with Gasteiger partial charge in [-0.25, -0.2) is 13.1 Å². The second-order valence-corrected chi connectivity index (χ2v) is 10.8. The maximum Gasteiger partial charge on any atom is 0.255 e. The average molecular weight is 535 g/mol. The number of sulfonamides is 1. The SMILES string of the molecule is COc1ccc(C(=O)Nc2ccc(Cc3noc(C(C)C)n3)cc2)cc1S(=O)(=O)NCCc1ccccc1. The molecule has 1 heterocycles. The van der Waals surface area contributed by atoms with E-state index in [1.54, 1.807) is 12.1 Å². The number of aromatic nitrogens is 2. The Kier molecular flexibility index (Phi) is 8.55. The van der Waals surface area contributed by atoms with Gasteiger partial charge in [-0.3, -0.25) is 4.79 Å². The molecular weight excluding hydrogens is 504 g/mol. The van der Waals surface area contributed by atoms with E-state index < -0.39 is 15.9 Å². The number of hydrogen-bond donors (Lipinski definition) is 2. The smallest absolute Gasteiger partial charge is 0.255 e. The molecule has 0 radical (unpaired) electrons. The number of ether oxygens (including phenoxy) is 1. The molecule has 198 valence electrons. The molecule has 2 N–H and O–H groups in total. The van der Waals surface area contributed by atoms with Crippen molar-refractivity contribution in [3.8, 4) is 5.75 Å². The van der Waals surface area contributed by atoms with Crippen molar-refractivity contribution in [1.82, 2.24) is 14.9 Å². The van der Waals surface area contributed by atoms with Crippen LogP contribution in [0.5, 0.6) is 5.75 Å². The molecule has 4 aromatic rings. The molecule has 0 bridgehead atoms. The largest absolute Gasteiger partial charge is 0.495 e. The van der Waals surface area contributed by atoms with Crippen molar-refractivity contribution in [2.75, 3.05) is 19.0 Å². The molecule has 0 spiro atoms. The van der Waals surface area contributed by atoms with E-state index in [0.717, 1.165) is 11.1 Å². The second kappa shape index (κ2) is 12.0. The summed E-state index contributed by atoms with van der Waals surface area (Å²) in [6, 6.07) is 21.1. The quantitative estimate of drug-likeness (QED) is 0.289. The van der Waals surface area contributed by atoms with Gasteiger partial charge in [-0.15, -0.1) is 0 Å². The maximum atomic E-state index is 13.0. The van der Waals surface area contributed by atoms with Crippen LogP contribution in [0.2, 0.25) is 0 Å². The van der Waals surface area contributed by atoms with Gasteiger partial charge in [0.05, 0.1) is 7.11 Å². The van der Waals surface area contributed by atoms with Gasteiger partial charge in [-0.2, -0.15) is 4.98 Å². The minimum Gasteiger partial charge on any atom is -0.495 e. The predicted octanol–water partition coefficient (Wildman–Crippen LogP) is 4.57. The fraction of sp³-hybridized carbons (Fsp3) is 0.250. The van der Waals surface area contributed by atoms with Gasteiger partial charge >= 0.3 is 0 Å². The van der Waals surface area contributed by atoms with Crippen molar-refractivity contribution < 1.29 is 22.5 Å². The Morgan fingerprint density at radius 1 is 1.00 bits per heavy atom. The minimum atomic E-state index is -3.92. The molecule has 1 aromatic heterocycles. The molecule has 0 aliphatic carbocycles. The first-order valence-corrected chi connectivity index (χ1v) is 13.7. The summed E-state index contributed by atoms with van der Waals surface area (Å²) in [4.78, 5) is 17.2. The molecule has 4 rings (SSSR count). The highest BCUT2D eigenvalue weighted by atomic mass is 32.2. The van der Waals surface area contributed by atoms with Gasteiger partial charge in [0.25, 0.3) is 5.91 Å². The van der Waals surface area contributed by atoms with Crippen LogP contribution in [0.4, 0.5) is 5.69 Å². The Bertz CT molecular complexity index is 1480. The zero-order valence-corrected chi connectivity index (χ0v) is 22.3. The normalized spacial score (nSPS) is 11.5. The van der Waals surface area contributed by atoms with E-state index in [1.165, 1.54) is 25.3 Å². The monoisotopic (exact) mass is 534 g/mol. The standard InChI is InChI=1S/C28H30N4O5S/c1-19(2)28-31-26(32-37-28)17-21-9-12-23(13-10-21)30-27(33)22-11-14-24(36-3)25(18-22)38(34,35)29-16-15-20-7-5-4-6-8-20/h4-14,18-19,29H,15-17H2,1-3H3,(H,30,33). The van der Waals surface area contributed by atoms with E-state index in [4.69, 9.17) is 9.26 Å². The highest BCUT2D eigenvalue weighted by molar-refractivity contribution is 7.89. The van der Waals surface area contributed by atoms with E-state index in [1.807, 2.05) is 56.3 Å². The minimum absolute atomic E-state index is 0.100. The Labute approximate surface area is 222 Å².